The minimum absolute atomic E-state index is 0.0867. The Morgan fingerprint density at radius 2 is 2.17 bits per heavy atom. The number of hydrogen-bond donors (Lipinski definition) is 2. The van der Waals surface area contributed by atoms with Gasteiger partial charge in [0.25, 0.3) is 0 Å². The molecule has 1 aromatic rings. The smallest absolute Gasteiger partial charge is 0.237 e. The first-order valence-electron chi connectivity index (χ1n) is 8.14. The van der Waals surface area contributed by atoms with Crippen LogP contribution >= 0.6 is 0 Å². The van der Waals surface area contributed by atoms with E-state index < -0.39 is 6.04 Å². The van der Waals surface area contributed by atoms with Crippen LogP contribution in [0.5, 0.6) is 5.75 Å². The van der Waals surface area contributed by atoms with E-state index >= 15 is 0 Å². The lowest BCUT2D eigenvalue weighted by Gasteiger charge is -2.35. The van der Waals surface area contributed by atoms with Crippen molar-refractivity contribution in [3.63, 3.8) is 0 Å². The van der Waals surface area contributed by atoms with Gasteiger partial charge in [0.05, 0.1) is 19.1 Å². The van der Waals surface area contributed by atoms with Gasteiger partial charge in [-0.05, 0) is 19.9 Å². The number of carbonyl (C=O) groups excluding carboxylic acids is 2. The molecule has 1 saturated heterocycles. The van der Waals surface area contributed by atoms with Crippen LogP contribution in [0.3, 0.4) is 0 Å². The summed E-state index contributed by atoms with van der Waals surface area (Å²) in [6, 6.07) is 7.39. The summed E-state index contributed by atoms with van der Waals surface area (Å²) in [6.07, 6.45) is 0.177. The monoisotopic (exact) mass is 319 g/mol. The van der Waals surface area contributed by atoms with E-state index in [1.807, 2.05) is 43.0 Å². The Hall–Kier alpha value is -2.08. The molecule has 1 fully saturated rings. The molecule has 1 aliphatic heterocycles. The van der Waals surface area contributed by atoms with Gasteiger partial charge in [-0.2, -0.15) is 0 Å². The SMILES string of the molecule is CCNC(=O)C[C@@H]1C(=O)NCCN1Cc1ccccc1OCC. The highest BCUT2D eigenvalue weighted by atomic mass is 16.5. The van der Waals surface area contributed by atoms with Crippen molar-refractivity contribution in [2.45, 2.75) is 32.9 Å². The van der Waals surface area contributed by atoms with Gasteiger partial charge >= 0.3 is 0 Å². The molecule has 0 aromatic heterocycles. The highest BCUT2D eigenvalue weighted by Crippen LogP contribution is 2.22. The largest absolute Gasteiger partial charge is 0.494 e. The maximum Gasteiger partial charge on any atom is 0.237 e. The first kappa shape index (κ1) is 17.3. The van der Waals surface area contributed by atoms with E-state index in [0.717, 1.165) is 17.9 Å². The van der Waals surface area contributed by atoms with E-state index in [-0.39, 0.29) is 18.2 Å². The van der Waals surface area contributed by atoms with Crippen LogP contribution in [0.4, 0.5) is 0 Å². The fourth-order valence-electron chi connectivity index (χ4n) is 2.77. The van der Waals surface area contributed by atoms with Crippen LogP contribution < -0.4 is 15.4 Å². The summed E-state index contributed by atoms with van der Waals surface area (Å²) in [7, 11) is 0. The fraction of sp³-hybridized carbons (Fsp3) is 0.529. The number of amides is 2. The Balaban J connectivity index is 2.12. The minimum Gasteiger partial charge on any atom is -0.494 e. The van der Waals surface area contributed by atoms with Gasteiger partial charge in [0.1, 0.15) is 5.75 Å². The predicted molar refractivity (Wildman–Crippen MR) is 88.1 cm³/mol. The lowest BCUT2D eigenvalue weighted by Crippen LogP contribution is -2.56. The lowest BCUT2D eigenvalue weighted by molar-refractivity contribution is -0.134. The van der Waals surface area contributed by atoms with E-state index in [1.165, 1.54) is 0 Å². The highest BCUT2D eigenvalue weighted by molar-refractivity contribution is 5.88. The number of hydrogen-bond acceptors (Lipinski definition) is 4. The zero-order valence-corrected chi connectivity index (χ0v) is 13.8. The summed E-state index contributed by atoms with van der Waals surface area (Å²) in [4.78, 5) is 26.1. The van der Waals surface area contributed by atoms with E-state index in [1.54, 1.807) is 0 Å². The number of para-hydroxylation sites is 1. The maximum atomic E-state index is 12.2. The van der Waals surface area contributed by atoms with Crippen LogP contribution in [0.1, 0.15) is 25.8 Å². The molecule has 2 rings (SSSR count). The number of nitrogens with zero attached hydrogens (tertiary/aromatic N) is 1. The molecule has 23 heavy (non-hydrogen) atoms. The summed E-state index contributed by atoms with van der Waals surface area (Å²) in [6.45, 7) is 6.89. The molecule has 1 atom stereocenters. The summed E-state index contributed by atoms with van der Waals surface area (Å²) in [5.74, 6) is 0.645. The summed E-state index contributed by atoms with van der Waals surface area (Å²) in [5.41, 5.74) is 1.03. The molecule has 126 valence electrons. The number of nitrogens with one attached hydrogen (secondary N) is 2. The van der Waals surface area contributed by atoms with Crippen LogP contribution in [0.25, 0.3) is 0 Å². The Bertz CT molecular complexity index is 548. The molecule has 0 bridgehead atoms. The van der Waals surface area contributed by atoms with Gasteiger partial charge in [0.15, 0.2) is 0 Å². The zero-order valence-electron chi connectivity index (χ0n) is 13.8. The Kier molecular flexibility index (Phi) is 6.40. The van der Waals surface area contributed by atoms with Gasteiger partial charge < -0.3 is 15.4 Å². The summed E-state index contributed by atoms with van der Waals surface area (Å²) in [5, 5.41) is 5.60. The summed E-state index contributed by atoms with van der Waals surface area (Å²) >= 11 is 0. The van der Waals surface area contributed by atoms with Crippen LogP contribution in [0.15, 0.2) is 24.3 Å². The normalized spacial score (nSPS) is 18.3. The predicted octanol–water partition coefficient (Wildman–Crippen LogP) is 0.912. The zero-order chi connectivity index (χ0) is 16.7. The van der Waals surface area contributed by atoms with Crippen molar-refractivity contribution in [3.8, 4) is 5.75 Å². The quantitative estimate of drug-likeness (QED) is 0.784. The average molecular weight is 319 g/mol. The molecule has 1 aromatic carbocycles. The molecule has 6 heteroatoms. The molecule has 2 amide bonds. The van der Waals surface area contributed by atoms with E-state index in [4.69, 9.17) is 4.74 Å². The molecule has 0 saturated carbocycles. The lowest BCUT2D eigenvalue weighted by atomic mass is 10.1. The second kappa shape index (κ2) is 8.53. The highest BCUT2D eigenvalue weighted by Gasteiger charge is 2.31. The van der Waals surface area contributed by atoms with Gasteiger partial charge in [0.2, 0.25) is 11.8 Å². The average Bonchev–Trinajstić information content (AvgIpc) is 2.53. The maximum absolute atomic E-state index is 12.2. The first-order valence-corrected chi connectivity index (χ1v) is 8.14. The van der Waals surface area contributed by atoms with Gasteiger partial charge in [-0.15, -0.1) is 0 Å². The van der Waals surface area contributed by atoms with Gasteiger partial charge in [0, 0.05) is 31.7 Å². The van der Waals surface area contributed by atoms with Crippen molar-refractivity contribution in [1.82, 2.24) is 15.5 Å². The molecule has 1 aliphatic rings. The second-order valence-corrected chi connectivity index (χ2v) is 5.48. The van der Waals surface area contributed by atoms with Crippen molar-refractivity contribution in [1.29, 1.82) is 0 Å². The number of benzene rings is 1. The molecule has 0 unspecified atom stereocenters. The number of rotatable bonds is 7. The van der Waals surface area contributed by atoms with Crippen molar-refractivity contribution in [3.05, 3.63) is 29.8 Å². The molecular weight excluding hydrogens is 294 g/mol. The third kappa shape index (κ3) is 4.69. The van der Waals surface area contributed by atoms with Crippen LogP contribution in [-0.4, -0.2) is 49.0 Å². The Morgan fingerprint density at radius 1 is 1.39 bits per heavy atom. The van der Waals surface area contributed by atoms with E-state index in [9.17, 15) is 9.59 Å². The van der Waals surface area contributed by atoms with Crippen molar-refractivity contribution in [2.75, 3.05) is 26.2 Å². The Morgan fingerprint density at radius 3 is 2.91 bits per heavy atom. The third-order valence-corrected chi connectivity index (χ3v) is 3.84. The molecule has 1 heterocycles. The van der Waals surface area contributed by atoms with E-state index in [2.05, 4.69) is 10.6 Å². The number of ether oxygens (including phenoxy) is 1. The second-order valence-electron chi connectivity index (χ2n) is 5.48. The molecular formula is C17H25N3O3. The Labute approximate surface area is 137 Å². The van der Waals surface area contributed by atoms with Crippen LogP contribution in [-0.2, 0) is 16.1 Å². The first-order chi connectivity index (χ1) is 11.2. The molecule has 0 radical (unpaired) electrons. The van der Waals surface area contributed by atoms with Gasteiger partial charge in [-0.25, -0.2) is 0 Å². The minimum atomic E-state index is -0.440. The topological polar surface area (TPSA) is 70.7 Å². The molecule has 2 N–H and O–H groups in total. The standard InChI is InChI=1S/C17H25N3O3/c1-3-18-16(21)11-14-17(22)19-9-10-20(14)12-13-7-5-6-8-15(13)23-4-2/h5-8,14H,3-4,9-12H2,1-2H3,(H,18,21)(H,19,22)/t14-/m1/s1. The van der Waals surface area contributed by atoms with Crippen molar-refractivity contribution < 1.29 is 14.3 Å². The number of piperazine rings is 1. The van der Waals surface area contributed by atoms with Gasteiger partial charge in [-0.3, -0.25) is 14.5 Å². The molecule has 6 nitrogen and oxygen atoms in total. The van der Waals surface area contributed by atoms with E-state index in [0.29, 0.717) is 26.2 Å². The molecule has 0 aliphatic carbocycles. The van der Waals surface area contributed by atoms with Crippen LogP contribution in [0.2, 0.25) is 0 Å². The number of carbonyl (C=O) groups is 2. The third-order valence-electron chi connectivity index (χ3n) is 3.84. The van der Waals surface area contributed by atoms with Gasteiger partial charge in [-0.1, -0.05) is 18.2 Å². The van der Waals surface area contributed by atoms with Crippen LogP contribution in [0, 0.1) is 0 Å². The summed E-state index contributed by atoms with van der Waals surface area (Å²) < 4.78 is 5.65. The molecule has 0 spiro atoms. The van der Waals surface area contributed by atoms with Crippen molar-refractivity contribution >= 4 is 11.8 Å². The fourth-order valence-corrected chi connectivity index (χ4v) is 2.77. The van der Waals surface area contributed by atoms with Crippen molar-refractivity contribution in [2.24, 2.45) is 0 Å².